The van der Waals surface area contributed by atoms with Gasteiger partial charge in [-0.25, -0.2) is 0 Å². The lowest BCUT2D eigenvalue weighted by Gasteiger charge is -2.43. The van der Waals surface area contributed by atoms with Gasteiger partial charge in [-0.15, -0.1) is 0 Å². The highest BCUT2D eigenvalue weighted by Gasteiger charge is 2.34. The van der Waals surface area contributed by atoms with Crippen LogP contribution in [0.2, 0.25) is 0 Å². The molecule has 1 aliphatic carbocycles. The Morgan fingerprint density at radius 1 is 0.944 bits per heavy atom. The Balaban J connectivity index is 1.86. The molecule has 0 amide bonds. The molecule has 0 aromatic rings. The van der Waals surface area contributed by atoms with Gasteiger partial charge >= 0.3 is 0 Å². The molecular weight excluding hydrogens is 220 g/mol. The molecule has 1 fully saturated rings. The third-order valence-electron chi connectivity index (χ3n) is 4.46. The van der Waals surface area contributed by atoms with E-state index >= 15 is 0 Å². The number of nitrogens with one attached hydrogen (secondary N) is 1. The lowest BCUT2D eigenvalue weighted by molar-refractivity contribution is 0.173. The predicted molar refractivity (Wildman–Crippen MR) is 80.9 cm³/mol. The molecule has 0 aromatic heterocycles. The second-order valence-corrected chi connectivity index (χ2v) is 6.07. The molecule has 0 atom stereocenters. The van der Waals surface area contributed by atoms with Gasteiger partial charge in [-0.05, 0) is 45.2 Å². The molecule has 1 aliphatic rings. The molecule has 0 aliphatic heterocycles. The summed E-state index contributed by atoms with van der Waals surface area (Å²) in [5.41, 5.74) is 6.13. The van der Waals surface area contributed by atoms with Crippen LogP contribution in [0.25, 0.3) is 0 Å². The lowest BCUT2D eigenvalue weighted by Crippen LogP contribution is -2.52. The zero-order valence-electron chi connectivity index (χ0n) is 12.5. The summed E-state index contributed by atoms with van der Waals surface area (Å²) in [5, 5.41) is 3.76. The van der Waals surface area contributed by atoms with Crippen molar-refractivity contribution in [3.63, 3.8) is 0 Å². The summed E-state index contributed by atoms with van der Waals surface area (Å²) in [6, 6.07) is 0. The molecular formula is C16H34N2. The van der Waals surface area contributed by atoms with Gasteiger partial charge in [-0.3, -0.25) is 0 Å². The van der Waals surface area contributed by atoms with E-state index in [1.165, 1.54) is 83.6 Å². The second-order valence-electron chi connectivity index (χ2n) is 6.07. The van der Waals surface area contributed by atoms with Gasteiger partial charge in [0.2, 0.25) is 0 Å². The van der Waals surface area contributed by atoms with Gasteiger partial charge in [0.1, 0.15) is 0 Å². The van der Waals surface area contributed by atoms with Crippen molar-refractivity contribution in [2.75, 3.05) is 13.1 Å². The van der Waals surface area contributed by atoms with Crippen LogP contribution in [0.5, 0.6) is 0 Å². The number of rotatable bonds is 12. The van der Waals surface area contributed by atoms with Crippen LogP contribution in [0, 0.1) is 0 Å². The third-order valence-corrected chi connectivity index (χ3v) is 4.46. The number of unbranched alkanes of at least 4 members (excludes halogenated alkanes) is 7. The van der Waals surface area contributed by atoms with Gasteiger partial charge in [0.15, 0.2) is 0 Å². The largest absolute Gasteiger partial charge is 0.330 e. The number of hydrogen-bond acceptors (Lipinski definition) is 2. The van der Waals surface area contributed by atoms with E-state index < -0.39 is 0 Å². The van der Waals surface area contributed by atoms with Gasteiger partial charge in [0.05, 0.1) is 0 Å². The van der Waals surface area contributed by atoms with Gasteiger partial charge in [0, 0.05) is 5.54 Å². The maximum Gasteiger partial charge on any atom is 0.0193 e. The van der Waals surface area contributed by atoms with E-state index in [0.717, 1.165) is 6.54 Å². The van der Waals surface area contributed by atoms with Gasteiger partial charge in [0.25, 0.3) is 0 Å². The van der Waals surface area contributed by atoms with E-state index in [9.17, 15) is 0 Å². The Morgan fingerprint density at radius 3 is 2.06 bits per heavy atom. The van der Waals surface area contributed by atoms with Crippen molar-refractivity contribution in [1.29, 1.82) is 0 Å². The van der Waals surface area contributed by atoms with Crippen molar-refractivity contribution in [2.45, 2.75) is 89.5 Å². The van der Waals surface area contributed by atoms with Crippen molar-refractivity contribution < 1.29 is 0 Å². The fraction of sp³-hybridized carbons (Fsp3) is 1.00. The quantitative estimate of drug-likeness (QED) is 0.517. The molecule has 1 rings (SSSR count). The molecule has 1 saturated carbocycles. The average Bonchev–Trinajstić information content (AvgIpc) is 2.33. The van der Waals surface area contributed by atoms with Crippen LogP contribution in [-0.2, 0) is 0 Å². The van der Waals surface area contributed by atoms with E-state index in [-0.39, 0.29) is 0 Å². The summed E-state index contributed by atoms with van der Waals surface area (Å²) in [6.07, 6.45) is 16.5. The Kier molecular flexibility index (Phi) is 8.70. The first-order valence-corrected chi connectivity index (χ1v) is 8.28. The Labute approximate surface area is 114 Å². The maximum atomic E-state index is 5.69. The molecule has 3 N–H and O–H groups in total. The van der Waals surface area contributed by atoms with E-state index in [0.29, 0.717) is 5.54 Å². The van der Waals surface area contributed by atoms with Crippen LogP contribution in [0.3, 0.4) is 0 Å². The zero-order valence-corrected chi connectivity index (χ0v) is 12.5. The number of nitrogens with two attached hydrogens (primary N) is 1. The smallest absolute Gasteiger partial charge is 0.0193 e. The van der Waals surface area contributed by atoms with E-state index in [4.69, 9.17) is 5.73 Å². The van der Waals surface area contributed by atoms with Crippen LogP contribution in [-0.4, -0.2) is 18.6 Å². The molecule has 0 heterocycles. The summed E-state index contributed by atoms with van der Waals surface area (Å²) >= 11 is 0. The van der Waals surface area contributed by atoms with Crippen LogP contribution < -0.4 is 11.1 Å². The summed E-state index contributed by atoms with van der Waals surface area (Å²) in [5.74, 6) is 0. The monoisotopic (exact) mass is 254 g/mol. The van der Waals surface area contributed by atoms with Crippen molar-refractivity contribution >= 4 is 0 Å². The molecule has 108 valence electrons. The molecule has 0 spiro atoms. The summed E-state index contributed by atoms with van der Waals surface area (Å²) < 4.78 is 0. The molecule has 0 unspecified atom stereocenters. The number of hydrogen-bond donors (Lipinski definition) is 2. The molecule has 0 saturated heterocycles. The van der Waals surface area contributed by atoms with Gasteiger partial charge in [-0.2, -0.15) is 0 Å². The highest BCUT2D eigenvalue weighted by molar-refractivity contribution is 4.95. The van der Waals surface area contributed by atoms with Crippen molar-refractivity contribution in [2.24, 2.45) is 5.73 Å². The molecule has 0 aromatic carbocycles. The molecule has 18 heavy (non-hydrogen) atoms. The first-order chi connectivity index (χ1) is 8.83. The molecule has 2 heteroatoms. The minimum Gasteiger partial charge on any atom is -0.330 e. The Hall–Kier alpha value is -0.0800. The highest BCUT2D eigenvalue weighted by atomic mass is 15.0. The SMILES string of the molecule is CCCCCCCCCCNC1(CCN)CCC1. The lowest BCUT2D eigenvalue weighted by atomic mass is 9.74. The topological polar surface area (TPSA) is 38.0 Å². The fourth-order valence-electron chi connectivity index (χ4n) is 3.01. The van der Waals surface area contributed by atoms with E-state index in [1.807, 2.05) is 0 Å². The minimum atomic E-state index is 0.440. The second kappa shape index (κ2) is 9.80. The highest BCUT2D eigenvalue weighted by Crippen LogP contribution is 2.34. The maximum absolute atomic E-state index is 5.69. The Bertz CT molecular complexity index is 188. The fourth-order valence-corrected chi connectivity index (χ4v) is 3.01. The van der Waals surface area contributed by atoms with Crippen molar-refractivity contribution in [3.8, 4) is 0 Å². The first-order valence-electron chi connectivity index (χ1n) is 8.28. The van der Waals surface area contributed by atoms with Crippen LogP contribution in [0.4, 0.5) is 0 Å². The average molecular weight is 254 g/mol. The normalized spacial score (nSPS) is 17.7. The van der Waals surface area contributed by atoms with Crippen molar-refractivity contribution in [3.05, 3.63) is 0 Å². The van der Waals surface area contributed by atoms with Crippen molar-refractivity contribution in [1.82, 2.24) is 5.32 Å². The molecule has 2 nitrogen and oxygen atoms in total. The summed E-state index contributed by atoms with van der Waals surface area (Å²) in [7, 11) is 0. The first kappa shape index (κ1) is 16.0. The van der Waals surface area contributed by atoms with E-state index in [1.54, 1.807) is 0 Å². The predicted octanol–water partition coefficient (Wildman–Crippen LogP) is 3.99. The van der Waals surface area contributed by atoms with Gasteiger partial charge in [-0.1, -0.05) is 51.9 Å². The Morgan fingerprint density at radius 2 is 1.56 bits per heavy atom. The van der Waals surface area contributed by atoms with Crippen LogP contribution in [0.15, 0.2) is 0 Å². The summed E-state index contributed by atoms with van der Waals surface area (Å²) in [6.45, 7) is 4.32. The van der Waals surface area contributed by atoms with E-state index in [2.05, 4.69) is 12.2 Å². The third kappa shape index (κ3) is 6.19. The van der Waals surface area contributed by atoms with Gasteiger partial charge < -0.3 is 11.1 Å². The standard InChI is InChI=1S/C16H34N2/c1-2-3-4-5-6-7-8-9-15-18-16(13-14-17)11-10-12-16/h18H,2-15,17H2,1H3. The minimum absolute atomic E-state index is 0.440. The zero-order chi connectivity index (χ0) is 13.1. The molecule has 0 radical (unpaired) electrons. The molecule has 0 bridgehead atoms. The van der Waals surface area contributed by atoms with Crippen LogP contribution >= 0.6 is 0 Å². The van der Waals surface area contributed by atoms with Crippen LogP contribution in [0.1, 0.15) is 84.0 Å². The summed E-state index contributed by atoms with van der Waals surface area (Å²) in [4.78, 5) is 0.